The highest BCUT2D eigenvalue weighted by Crippen LogP contribution is 2.32. The van der Waals surface area contributed by atoms with Gasteiger partial charge in [-0.25, -0.2) is 0 Å². The molecular weight excluding hydrogens is 276 g/mol. The summed E-state index contributed by atoms with van der Waals surface area (Å²) >= 11 is 6.05. The molecule has 0 aliphatic heterocycles. The average Bonchev–Trinajstić information content (AvgIpc) is 2.41. The van der Waals surface area contributed by atoms with E-state index in [9.17, 15) is 9.90 Å². The monoisotopic (exact) mass is 296 g/mol. The molecule has 1 aromatic carbocycles. The summed E-state index contributed by atoms with van der Waals surface area (Å²) in [6.07, 6.45) is 3.72. The fourth-order valence-corrected chi connectivity index (χ4v) is 3.19. The number of carbonyl (C=O) groups excluding carboxylic acids is 1. The molecule has 20 heavy (non-hydrogen) atoms. The van der Waals surface area contributed by atoms with Crippen LogP contribution in [0.5, 0.6) is 0 Å². The molecule has 0 aromatic heterocycles. The lowest BCUT2D eigenvalue weighted by Gasteiger charge is -2.39. The van der Waals surface area contributed by atoms with Gasteiger partial charge in [-0.1, -0.05) is 31.4 Å². The molecule has 1 amide bonds. The van der Waals surface area contributed by atoms with Gasteiger partial charge in [0, 0.05) is 5.69 Å². The number of halogens is 1. The predicted octanol–water partition coefficient (Wildman–Crippen LogP) is 2.59. The lowest BCUT2D eigenvalue weighted by atomic mass is 9.76. The summed E-state index contributed by atoms with van der Waals surface area (Å²) in [5.41, 5.74) is 6.01. The van der Waals surface area contributed by atoms with Gasteiger partial charge in [0.2, 0.25) is 0 Å². The molecule has 0 saturated heterocycles. The minimum absolute atomic E-state index is 0.0526. The van der Waals surface area contributed by atoms with Crippen LogP contribution in [0.15, 0.2) is 18.2 Å². The van der Waals surface area contributed by atoms with Crippen molar-refractivity contribution in [1.82, 2.24) is 5.32 Å². The van der Waals surface area contributed by atoms with Crippen LogP contribution in [-0.2, 0) is 0 Å². The molecule has 0 bridgehead atoms. The van der Waals surface area contributed by atoms with Crippen molar-refractivity contribution in [3.63, 3.8) is 0 Å². The van der Waals surface area contributed by atoms with Crippen molar-refractivity contribution in [2.75, 3.05) is 12.3 Å². The molecule has 1 aliphatic carbocycles. The summed E-state index contributed by atoms with van der Waals surface area (Å²) in [6.45, 7) is 2.09. The SMILES string of the molecule is CC1CCCC(CO)(NC(=O)c2cc(N)ccc2Cl)C1. The molecule has 4 nitrogen and oxygen atoms in total. The van der Waals surface area contributed by atoms with Crippen molar-refractivity contribution in [3.8, 4) is 0 Å². The topological polar surface area (TPSA) is 75.3 Å². The number of benzene rings is 1. The fourth-order valence-electron chi connectivity index (χ4n) is 2.98. The van der Waals surface area contributed by atoms with E-state index in [2.05, 4.69) is 12.2 Å². The third kappa shape index (κ3) is 3.25. The van der Waals surface area contributed by atoms with E-state index in [4.69, 9.17) is 17.3 Å². The first-order chi connectivity index (χ1) is 9.46. The van der Waals surface area contributed by atoms with Gasteiger partial charge in [-0.15, -0.1) is 0 Å². The van der Waals surface area contributed by atoms with Gasteiger partial charge in [-0.3, -0.25) is 4.79 Å². The quantitative estimate of drug-likeness (QED) is 0.751. The largest absolute Gasteiger partial charge is 0.399 e. The summed E-state index contributed by atoms with van der Waals surface area (Å²) in [6, 6.07) is 4.83. The third-order valence-electron chi connectivity index (χ3n) is 4.01. The number of carbonyl (C=O) groups is 1. The number of aliphatic hydroxyl groups excluding tert-OH is 1. The van der Waals surface area contributed by atoms with Gasteiger partial charge < -0.3 is 16.2 Å². The number of aliphatic hydroxyl groups is 1. The van der Waals surface area contributed by atoms with Crippen molar-refractivity contribution in [2.45, 2.75) is 38.1 Å². The Labute approximate surface area is 124 Å². The third-order valence-corrected chi connectivity index (χ3v) is 4.34. The second-order valence-corrected chi connectivity index (χ2v) is 6.24. The average molecular weight is 297 g/mol. The Morgan fingerprint density at radius 3 is 3.00 bits per heavy atom. The maximum absolute atomic E-state index is 12.4. The van der Waals surface area contributed by atoms with Gasteiger partial charge >= 0.3 is 0 Å². The van der Waals surface area contributed by atoms with E-state index in [1.807, 2.05) is 0 Å². The fraction of sp³-hybridized carbons (Fsp3) is 0.533. The number of amides is 1. The molecule has 2 unspecified atom stereocenters. The first kappa shape index (κ1) is 15.1. The van der Waals surface area contributed by atoms with Crippen LogP contribution in [0.25, 0.3) is 0 Å². The molecule has 0 spiro atoms. The van der Waals surface area contributed by atoms with Crippen LogP contribution in [0.1, 0.15) is 43.0 Å². The normalized spacial score (nSPS) is 26.2. The molecule has 0 heterocycles. The Bertz CT molecular complexity index is 507. The first-order valence-corrected chi connectivity index (χ1v) is 7.32. The number of hydrogen-bond donors (Lipinski definition) is 3. The molecule has 4 N–H and O–H groups in total. The Morgan fingerprint density at radius 2 is 2.35 bits per heavy atom. The van der Waals surface area contributed by atoms with Crippen LogP contribution in [0.4, 0.5) is 5.69 Å². The lowest BCUT2D eigenvalue weighted by molar-refractivity contribution is 0.0697. The Morgan fingerprint density at radius 1 is 1.60 bits per heavy atom. The van der Waals surface area contributed by atoms with E-state index in [0.717, 1.165) is 25.7 Å². The number of rotatable bonds is 3. The van der Waals surface area contributed by atoms with Crippen molar-refractivity contribution >= 4 is 23.2 Å². The highest BCUT2D eigenvalue weighted by Gasteiger charge is 2.36. The summed E-state index contributed by atoms with van der Waals surface area (Å²) in [4.78, 5) is 12.4. The second kappa shape index (κ2) is 6.02. The van der Waals surface area contributed by atoms with Crippen molar-refractivity contribution in [1.29, 1.82) is 0 Å². The van der Waals surface area contributed by atoms with Crippen LogP contribution >= 0.6 is 11.6 Å². The summed E-state index contributed by atoms with van der Waals surface area (Å²) < 4.78 is 0. The molecule has 1 aliphatic rings. The van der Waals surface area contributed by atoms with Crippen molar-refractivity contribution in [3.05, 3.63) is 28.8 Å². The van der Waals surface area contributed by atoms with Crippen LogP contribution in [0, 0.1) is 5.92 Å². The minimum atomic E-state index is -0.539. The summed E-state index contributed by atoms with van der Waals surface area (Å²) in [7, 11) is 0. The van der Waals surface area contributed by atoms with E-state index in [0.29, 0.717) is 22.2 Å². The minimum Gasteiger partial charge on any atom is -0.399 e. The molecule has 1 saturated carbocycles. The van der Waals surface area contributed by atoms with Gasteiger partial charge in [0.25, 0.3) is 5.91 Å². The summed E-state index contributed by atoms with van der Waals surface area (Å²) in [5, 5.41) is 13.0. The zero-order valence-corrected chi connectivity index (χ0v) is 12.4. The lowest BCUT2D eigenvalue weighted by Crippen LogP contribution is -2.53. The van der Waals surface area contributed by atoms with E-state index < -0.39 is 5.54 Å². The molecule has 110 valence electrons. The van der Waals surface area contributed by atoms with Gasteiger partial charge in [0.1, 0.15) is 0 Å². The molecule has 2 rings (SSSR count). The van der Waals surface area contributed by atoms with Crippen LogP contribution in [0.2, 0.25) is 5.02 Å². The van der Waals surface area contributed by atoms with Crippen LogP contribution in [-0.4, -0.2) is 23.2 Å². The summed E-state index contributed by atoms with van der Waals surface area (Å²) in [5.74, 6) is 0.220. The van der Waals surface area contributed by atoms with Gasteiger partial charge in [0.15, 0.2) is 0 Å². The Balaban J connectivity index is 2.19. The Kier molecular flexibility index (Phi) is 4.55. The molecule has 1 aromatic rings. The molecular formula is C15H21ClN2O2. The first-order valence-electron chi connectivity index (χ1n) is 6.94. The predicted molar refractivity (Wildman–Crippen MR) is 80.8 cm³/mol. The van der Waals surface area contributed by atoms with Crippen LogP contribution in [0.3, 0.4) is 0 Å². The number of hydrogen-bond acceptors (Lipinski definition) is 3. The number of anilines is 1. The molecule has 2 atom stereocenters. The molecule has 1 fully saturated rings. The van der Waals surface area contributed by atoms with E-state index in [1.54, 1.807) is 18.2 Å². The van der Waals surface area contributed by atoms with Gasteiger partial charge in [-0.2, -0.15) is 0 Å². The second-order valence-electron chi connectivity index (χ2n) is 5.83. The zero-order valence-electron chi connectivity index (χ0n) is 11.7. The standard InChI is InChI=1S/C15H21ClN2O2/c1-10-3-2-6-15(8-10,9-19)18-14(20)12-7-11(17)4-5-13(12)16/h4-5,7,10,19H,2-3,6,8-9,17H2,1H3,(H,18,20). The van der Waals surface area contributed by atoms with E-state index in [-0.39, 0.29) is 12.5 Å². The highest BCUT2D eigenvalue weighted by molar-refractivity contribution is 6.34. The zero-order chi connectivity index (χ0) is 14.8. The van der Waals surface area contributed by atoms with Gasteiger partial charge in [-0.05, 0) is 37.0 Å². The highest BCUT2D eigenvalue weighted by atomic mass is 35.5. The molecule has 5 heteroatoms. The number of nitrogens with one attached hydrogen (secondary N) is 1. The van der Waals surface area contributed by atoms with Gasteiger partial charge in [0.05, 0.1) is 22.7 Å². The number of nitrogens with two attached hydrogens (primary N) is 1. The van der Waals surface area contributed by atoms with E-state index >= 15 is 0 Å². The van der Waals surface area contributed by atoms with E-state index in [1.165, 1.54) is 0 Å². The Hall–Kier alpha value is -1.26. The smallest absolute Gasteiger partial charge is 0.253 e. The van der Waals surface area contributed by atoms with Crippen molar-refractivity contribution < 1.29 is 9.90 Å². The maximum atomic E-state index is 12.4. The van der Waals surface area contributed by atoms with Crippen LogP contribution < -0.4 is 11.1 Å². The van der Waals surface area contributed by atoms with Crippen molar-refractivity contribution in [2.24, 2.45) is 5.92 Å². The number of nitrogen functional groups attached to an aromatic ring is 1. The maximum Gasteiger partial charge on any atom is 0.253 e. The molecule has 0 radical (unpaired) electrons.